The third-order valence-corrected chi connectivity index (χ3v) is 7.05. The van der Waals surface area contributed by atoms with Crippen LogP contribution in [0.25, 0.3) is 0 Å². The van der Waals surface area contributed by atoms with Crippen LogP contribution in [0.5, 0.6) is 23.0 Å². The second kappa shape index (κ2) is 11.4. The quantitative estimate of drug-likeness (QED) is 0.155. The zero-order chi connectivity index (χ0) is 29.2. The normalized spacial score (nSPS) is 18.9. The summed E-state index contributed by atoms with van der Waals surface area (Å²) in [6, 6.07) is 3.09. The van der Waals surface area contributed by atoms with Gasteiger partial charge < -0.3 is 29.3 Å². The maximum absolute atomic E-state index is 13.1. The minimum Gasteiger partial charge on any atom is -0.503 e. The average molecular weight is 643 g/mol. The molecule has 0 aliphatic carbocycles. The van der Waals surface area contributed by atoms with Gasteiger partial charge in [-0.05, 0) is 40.9 Å². The number of hydrogen-bond acceptors (Lipinski definition) is 14. The molecule has 1 aromatic carbocycles. The highest BCUT2D eigenvalue weighted by Gasteiger charge is 2.49. The molecule has 15 nitrogen and oxygen atoms in total. The van der Waals surface area contributed by atoms with Gasteiger partial charge in [-0.15, -0.1) is 10.2 Å². The number of nitrogens with zero attached hydrogens (tertiary/aromatic N) is 4. The number of rotatable bonds is 9. The highest BCUT2D eigenvalue weighted by molar-refractivity contribution is 9.10. The van der Waals surface area contributed by atoms with E-state index in [1.165, 1.54) is 17.2 Å². The van der Waals surface area contributed by atoms with Gasteiger partial charge in [0.1, 0.15) is 5.69 Å². The number of ether oxygens (including phenoxy) is 3. The predicted molar refractivity (Wildman–Crippen MR) is 139 cm³/mol. The smallest absolute Gasteiger partial charge is 0.344 e. The van der Waals surface area contributed by atoms with E-state index in [4.69, 9.17) is 14.2 Å². The molecule has 0 spiro atoms. The first kappa shape index (κ1) is 29.3. The summed E-state index contributed by atoms with van der Waals surface area (Å²) in [4.78, 5) is 44.2. The van der Waals surface area contributed by atoms with Crippen LogP contribution < -0.4 is 19.1 Å². The number of aliphatic hydroxyl groups is 1. The van der Waals surface area contributed by atoms with Crippen molar-refractivity contribution < 1.29 is 51.8 Å². The molecule has 1 aromatic heterocycles. The number of phenols is 1. The van der Waals surface area contributed by atoms with Crippen molar-refractivity contribution in [2.24, 2.45) is 10.2 Å². The Balaban J connectivity index is 1.98. The lowest BCUT2D eigenvalue weighted by Crippen LogP contribution is -2.47. The number of halogens is 1. The summed E-state index contributed by atoms with van der Waals surface area (Å²) in [6.45, 7) is 1.80. The minimum atomic E-state index is -4.33. The van der Waals surface area contributed by atoms with Crippen molar-refractivity contribution >= 4 is 61.1 Å². The number of hydrogen-bond donors (Lipinski definition) is 3. The molecule has 0 saturated heterocycles. The van der Waals surface area contributed by atoms with Crippen molar-refractivity contribution in [2.45, 2.75) is 38.2 Å². The van der Waals surface area contributed by atoms with Crippen LogP contribution in [-0.2, 0) is 24.5 Å². The van der Waals surface area contributed by atoms with Crippen LogP contribution in [0.15, 0.2) is 33.0 Å². The van der Waals surface area contributed by atoms with Crippen molar-refractivity contribution in [3.8, 4) is 23.0 Å². The fourth-order valence-corrected chi connectivity index (χ4v) is 4.78. The molecule has 0 amide bonds. The third kappa shape index (κ3) is 6.38. The molecule has 1 unspecified atom stereocenters. The summed E-state index contributed by atoms with van der Waals surface area (Å²) >= 11 is 3.23. The standard InChI is InChI=1S/C23H23BrN4O11S/c1-2-6-28(7-3-8-40(34,35)36)17-20-18(31)16(27-26-13-5-4-12(24)11-25-13)19-21(17)39-22(32)23(33,9-14(29)37-19)10-15(30)38-20/h4-5,11,31,33H,2-3,6-10H2,1H3,(H,34,35,36). The zero-order valence-electron chi connectivity index (χ0n) is 20.9. The molecule has 17 heteroatoms. The number of carbonyl (C=O) groups excluding carboxylic acids is 3. The van der Waals surface area contributed by atoms with Gasteiger partial charge in [-0.3, -0.25) is 14.1 Å². The number of fused-ring (bicyclic) bond motifs is 3. The number of aromatic nitrogens is 1. The van der Waals surface area contributed by atoms with E-state index in [9.17, 15) is 37.6 Å². The van der Waals surface area contributed by atoms with Gasteiger partial charge in [-0.25, -0.2) is 9.78 Å². The van der Waals surface area contributed by atoms with Gasteiger partial charge in [0.15, 0.2) is 22.9 Å². The Morgan fingerprint density at radius 1 is 1.05 bits per heavy atom. The Morgan fingerprint density at radius 3 is 2.33 bits per heavy atom. The Morgan fingerprint density at radius 2 is 1.73 bits per heavy atom. The fourth-order valence-electron chi connectivity index (χ4n) is 4.05. The average Bonchev–Trinajstić information content (AvgIpc) is 2.86. The molecule has 1 atom stereocenters. The number of azo groups is 1. The van der Waals surface area contributed by atoms with E-state index in [1.807, 2.05) is 0 Å². The van der Waals surface area contributed by atoms with Gasteiger partial charge in [-0.1, -0.05) is 6.92 Å². The van der Waals surface area contributed by atoms with Crippen LogP contribution in [0.1, 0.15) is 32.6 Å². The molecule has 0 radical (unpaired) electrons. The molecule has 0 saturated carbocycles. The first-order valence-corrected chi connectivity index (χ1v) is 14.2. The summed E-state index contributed by atoms with van der Waals surface area (Å²) in [7, 11) is -4.33. The Labute approximate surface area is 235 Å². The van der Waals surface area contributed by atoms with Crippen LogP contribution >= 0.6 is 15.9 Å². The van der Waals surface area contributed by atoms with Gasteiger partial charge in [0.05, 0.1) is 18.6 Å². The van der Waals surface area contributed by atoms with Crippen LogP contribution in [0.2, 0.25) is 0 Å². The highest BCUT2D eigenvalue weighted by Crippen LogP contribution is 2.59. The van der Waals surface area contributed by atoms with Gasteiger partial charge in [-0.2, -0.15) is 8.42 Å². The van der Waals surface area contributed by atoms with Crippen molar-refractivity contribution in [1.82, 2.24) is 4.98 Å². The van der Waals surface area contributed by atoms with Crippen molar-refractivity contribution in [1.29, 1.82) is 0 Å². The summed E-state index contributed by atoms with van der Waals surface area (Å²) in [5.74, 6) is -6.75. The van der Waals surface area contributed by atoms with Crippen molar-refractivity contribution in [3.63, 3.8) is 0 Å². The summed E-state index contributed by atoms with van der Waals surface area (Å²) in [5.41, 5.74) is -3.44. The summed E-state index contributed by atoms with van der Waals surface area (Å²) in [5, 5.41) is 30.0. The molecular formula is C23H23BrN4O11S. The third-order valence-electron chi connectivity index (χ3n) is 5.78. The lowest BCUT2D eigenvalue weighted by molar-refractivity contribution is -0.168. The molecule has 3 bridgehead atoms. The van der Waals surface area contributed by atoms with Crippen LogP contribution in [-0.4, -0.2) is 70.5 Å². The molecule has 4 rings (SSSR count). The maximum atomic E-state index is 13.1. The predicted octanol–water partition coefficient (Wildman–Crippen LogP) is 2.71. The fraction of sp³-hybridized carbons (Fsp3) is 0.391. The van der Waals surface area contributed by atoms with E-state index in [0.29, 0.717) is 10.9 Å². The van der Waals surface area contributed by atoms with Crippen LogP contribution in [0.4, 0.5) is 17.2 Å². The molecule has 2 aliphatic rings. The molecule has 2 aromatic rings. The molecule has 40 heavy (non-hydrogen) atoms. The van der Waals surface area contributed by atoms with E-state index in [0.717, 1.165) is 0 Å². The molecule has 0 fully saturated rings. The van der Waals surface area contributed by atoms with E-state index < -0.39 is 80.9 Å². The summed E-state index contributed by atoms with van der Waals surface area (Å²) < 4.78 is 48.7. The summed E-state index contributed by atoms with van der Waals surface area (Å²) in [6.07, 6.45) is -0.256. The van der Waals surface area contributed by atoms with E-state index in [-0.39, 0.29) is 31.0 Å². The molecule has 3 heterocycles. The molecular weight excluding hydrogens is 620 g/mol. The largest absolute Gasteiger partial charge is 0.503 e. The number of anilines is 1. The van der Waals surface area contributed by atoms with Gasteiger partial charge in [0, 0.05) is 23.8 Å². The first-order chi connectivity index (χ1) is 18.8. The first-order valence-electron chi connectivity index (χ1n) is 11.8. The number of esters is 3. The van der Waals surface area contributed by atoms with Crippen LogP contribution in [0.3, 0.4) is 0 Å². The van der Waals surface area contributed by atoms with Crippen LogP contribution in [0, 0.1) is 0 Å². The number of aromatic hydroxyl groups is 1. The second-order valence-electron chi connectivity index (χ2n) is 8.92. The van der Waals surface area contributed by atoms with Crippen molar-refractivity contribution in [2.75, 3.05) is 23.7 Å². The SMILES string of the molecule is CCCN(CCCS(=O)(=O)O)c1c2c(O)c(N=Nc3ccc(Br)cn3)c3c1OC(=O)C(O)(CC(=O)O3)CC(=O)O2. The molecule has 3 N–H and O–H groups in total. The number of pyridine rings is 1. The second-order valence-corrected chi connectivity index (χ2v) is 11.4. The van der Waals surface area contributed by atoms with Crippen molar-refractivity contribution in [3.05, 3.63) is 22.8 Å². The van der Waals surface area contributed by atoms with E-state index >= 15 is 0 Å². The number of carbonyl (C=O) groups is 3. The zero-order valence-corrected chi connectivity index (χ0v) is 23.3. The Bertz CT molecular complexity index is 1500. The monoisotopic (exact) mass is 642 g/mol. The van der Waals surface area contributed by atoms with Gasteiger partial charge >= 0.3 is 17.9 Å². The maximum Gasteiger partial charge on any atom is 0.344 e. The Kier molecular flexibility index (Phi) is 8.38. The van der Waals surface area contributed by atoms with E-state index in [1.54, 1.807) is 13.0 Å². The molecule has 2 aliphatic heterocycles. The number of benzene rings is 1. The minimum absolute atomic E-state index is 0.0738. The van der Waals surface area contributed by atoms with E-state index in [2.05, 4.69) is 31.1 Å². The Hall–Kier alpha value is -3.67. The van der Waals surface area contributed by atoms with Gasteiger partial charge in [0.25, 0.3) is 10.1 Å². The van der Waals surface area contributed by atoms with Gasteiger partial charge in [0.2, 0.25) is 17.2 Å². The lowest BCUT2D eigenvalue weighted by Gasteiger charge is -2.30. The lowest BCUT2D eigenvalue weighted by atomic mass is 9.95. The molecule has 214 valence electrons. The number of phenolic OH excluding ortho intramolecular Hbond substituents is 1. The topological polar surface area (TPSA) is 215 Å². The highest BCUT2D eigenvalue weighted by atomic mass is 79.9.